The molecule has 0 radical (unpaired) electrons. The summed E-state index contributed by atoms with van der Waals surface area (Å²) < 4.78 is 3.81. The van der Waals surface area contributed by atoms with Crippen molar-refractivity contribution in [2.75, 3.05) is 0 Å². The fourth-order valence-corrected chi connectivity index (χ4v) is 5.45. The number of imidazole rings is 1. The Morgan fingerprint density at radius 2 is 2.04 bits per heavy atom. The van der Waals surface area contributed by atoms with Gasteiger partial charge in [-0.15, -0.1) is 0 Å². The van der Waals surface area contributed by atoms with Gasteiger partial charge in [-0.2, -0.15) is 9.61 Å². The third-order valence-electron chi connectivity index (χ3n) is 5.04. The number of thioether (sulfide) groups is 1. The molecule has 4 rings (SSSR count). The van der Waals surface area contributed by atoms with E-state index < -0.39 is 0 Å². The van der Waals surface area contributed by atoms with Gasteiger partial charge in [0, 0.05) is 23.6 Å². The minimum atomic E-state index is -0.104. The van der Waals surface area contributed by atoms with Crippen LogP contribution in [0.5, 0.6) is 0 Å². The Morgan fingerprint density at radius 1 is 1.27 bits per heavy atom. The second-order valence-corrected chi connectivity index (χ2v) is 8.77. The number of fused-ring (bicyclic) bond motifs is 1. The van der Waals surface area contributed by atoms with Crippen LogP contribution in [0, 0.1) is 13.8 Å². The topological polar surface area (TPSA) is 65.1 Å². The van der Waals surface area contributed by atoms with Crippen molar-refractivity contribution < 1.29 is 0 Å². The van der Waals surface area contributed by atoms with Gasteiger partial charge in [0.1, 0.15) is 5.01 Å². The number of aromatic nitrogens is 5. The summed E-state index contributed by atoms with van der Waals surface area (Å²) in [4.78, 5) is 22.4. The zero-order valence-electron chi connectivity index (χ0n) is 15.4. The van der Waals surface area contributed by atoms with E-state index in [-0.39, 0.29) is 5.56 Å². The lowest BCUT2D eigenvalue weighted by atomic mass is 10.2. The minimum Gasteiger partial charge on any atom is -0.320 e. The van der Waals surface area contributed by atoms with Crippen LogP contribution in [0.1, 0.15) is 60.7 Å². The molecular formula is C18H23N5OS2. The van der Waals surface area contributed by atoms with Crippen LogP contribution in [0.3, 0.4) is 0 Å². The van der Waals surface area contributed by atoms with Crippen LogP contribution in [-0.4, -0.2) is 24.1 Å². The molecule has 1 fully saturated rings. The molecule has 6 nitrogen and oxygen atoms in total. The monoisotopic (exact) mass is 389 g/mol. The minimum absolute atomic E-state index is 0.104. The van der Waals surface area contributed by atoms with E-state index in [9.17, 15) is 4.79 Å². The molecule has 138 valence electrons. The Balaban J connectivity index is 1.60. The van der Waals surface area contributed by atoms with Crippen LogP contribution in [0.2, 0.25) is 0 Å². The van der Waals surface area contributed by atoms with Gasteiger partial charge in [0.15, 0.2) is 5.16 Å². The van der Waals surface area contributed by atoms with Gasteiger partial charge in [-0.25, -0.2) is 9.97 Å². The van der Waals surface area contributed by atoms with Crippen molar-refractivity contribution in [3.63, 3.8) is 0 Å². The molecule has 3 aromatic rings. The first-order valence-corrected chi connectivity index (χ1v) is 10.9. The highest BCUT2D eigenvalue weighted by atomic mass is 32.2. The number of rotatable bonds is 5. The Kier molecular flexibility index (Phi) is 4.88. The Hall–Kier alpha value is -1.67. The largest absolute Gasteiger partial charge is 0.320 e. The molecule has 1 aliphatic carbocycles. The first kappa shape index (κ1) is 17.7. The normalized spacial score (nSPS) is 15.3. The van der Waals surface area contributed by atoms with Crippen molar-refractivity contribution in [2.24, 2.45) is 0 Å². The second kappa shape index (κ2) is 7.15. The maximum atomic E-state index is 12.3. The maximum Gasteiger partial charge on any atom is 0.275 e. The highest BCUT2D eigenvalue weighted by Crippen LogP contribution is 2.35. The summed E-state index contributed by atoms with van der Waals surface area (Å²) in [6.45, 7) is 6.27. The third-order valence-corrected chi connectivity index (χ3v) is 7.07. The van der Waals surface area contributed by atoms with E-state index in [1.165, 1.54) is 47.2 Å². The van der Waals surface area contributed by atoms with Gasteiger partial charge >= 0.3 is 0 Å². The maximum absolute atomic E-state index is 12.3. The standard InChI is InChI=1S/C18H23N5OS2/c1-4-15-21-23-16(24)9-13(20-18(23)26-15)10-25-17-19-11(2)12(3)22(17)14-7-5-6-8-14/h9,14H,4-8,10H2,1-3H3. The number of hydrogen-bond donors (Lipinski definition) is 0. The lowest BCUT2D eigenvalue weighted by Crippen LogP contribution is -2.15. The van der Waals surface area contributed by atoms with E-state index in [4.69, 9.17) is 4.98 Å². The molecular weight excluding hydrogens is 366 g/mol. The quantitative estimate of drug-likeness (QED) is 0.619. The van der Waals surface area contributed by atoms with Gasteiger partial charge in [-0.3, -0.25) is 4.79 Å². The van der Waals surface area contributed by atoms with Gasteiger partial charge in [0.05, 0.1) is 11.4 Å². The lowest BCUT2D eigenvalue weighted by Gasteiger charge is -2.16. The predicted octanol–water partition coefficient (Wildman–Crippen LogP) is 3.93. The van der Waals surface area contributed by atoms with E-state index in [0.717, 1.165) is 28.0 Å². The van der Waals surface area contributed by atoms with E-state index in [2.05, 4.69) is 28.5 Å². The molecule has 0 saturated heterocycles. The van der Waals surface area contributed by atoms with Crippen LogP contribution in [0.25, 0.3) is 4.96 Å². The van der Waals surface area contributed by atoms with Gasteiger partial charge in [0.2, 0.25) is 4.96 Å². The summed E-state index contributed by atoms with van der Waals surface area (Å²) in [5.41, 5.74) is 3.05. The first-order chi connectivity index (χ1) is 12.6. The average molecular weight is 390 g/mol. The van der Waals surface area contributed by atoms with E-state index in [0.29, 0.717) is 16.8 Å². The summed E-state index contributed by atoms with van der Waals surface area (Å²) in [7, 11) is 0. The summed E-state index contributed by atoms with van der Waals surface area (Å²) in [5, 5.41) is 6.29. The number of nitrogens with zero attached hydrogens (tertiary/aromatic N) is 5. The third kappa shape index (κ3) is 3.20. The molecule has 0 bridgehead atoms. The Morgan fingerprint density at radius 3 is 2.77 bits per heavy atom. The smallest absolute Gasteiger partial charge is 0.275 e. The highest BCUT2D eigenvalue weighted by molar-refractivity contribution is 7.98. The van der Waals surface area contributed by atoms with Crippen LogP contribution in [0.15, 0.2) is 16.0 Å². The van der Waals surface area contributed by atoms with Gasteiger partial charge in [0.25, 0.3) is 5.56 Å². The molecule has 0 aliphatic heterocycles. The van der Waals surface area contributed by atoms with Crippen molar-refractivity contribution in [1.29, 1.82) is 0 Å². The van der Waals surface area contributed by atoms with Crippen molar-refractivity contribution >= 4 is 28.1 Å². The molecule has 0 N–H and O–H groups in total. The molecule has 3 aromatic heterocycles. The molecule has 1 saturated carbocycles. The molecule has 1 aliphatic rings. The SMILES string of the molecule is CCc1nn2c(=O)cc(CSc3nc(C)c(C)n3C3CCCC3)nc2s1. The van der Waals surface area contributed by atoms with Crippen molar-refractivity contribution in [2.45, 2.75) is 69.8 Å². The van der Waals surface area contributed by atoms with Crippen molar-refractivity contribution in [3.8, 4) is 0 Å². The van der Waals surface area contributed by atoms with Gasteiger partial charge in [-0.1, -0.05) is 42.9 Å². The highest BCUT2D eigenvalue weighted by Gasteiger charge is 2.23. The fraction of sp³-hybridized carbons (Fsp3) is 0.556. The van der Waals surface area contributed by atoms with Crippen LogP contribution >= 0.6 is 23.1 Å². The lowest BCUT2D eigenvalue weighted by molar-refractivity contribution is 0.471. The molecule has 8 heteroatoms. The molecule has 0 atom stereocenters. The molecule has 0 spiro atoms. The van der Waals surface area contributed by atoms with Crippen LogP contribution in [0.4, 0.5) is 0 Å². The number of hydrogen-bond acceptors (Lipinski definition) is 6. The summed E-state index contributed by atoms with van der Waals surface area (Å²) >= 11 is 3.17. The predicted molar refractivity (Wildman–Crippen MR) is 105 cm³/mol. The Bertz CT molecular complexity index is 997. The molecule has 0 amide bonds. The van der Waals surface area contributed by atoms with Crippen molar-refractivity contribution in [1.82, 2.24) is 24.1 Å². The average Bonchev–Trinajstić information content (AvgIpc) is 3.33. The zero-order valence-corrected chi connectivity index (χ0v) is 17.0. The van der Waals surface area contributed by atoms with E-state index in [1.807, 2.05) is 6.92 Å². The van der Waals surface area contributed by atoms with Crippen molar-refractivity contribution in [3.05, 3.63) is 38.5 Å². The molecule has 0 unspecified atom stereocenters. The summed E-state index contributed by atoms with van der Waals surface area (Å²) in [6.07, 6.45) is 5.87. The van der Waals surface area contributed by atoms with E-state index >= 15 is 0 Å². The van der Waals surface area contributed by atoms with Gasteiger partial charge in [-0.05, 0) is 33.1 Å². The van der Waals surface area contributed by atoms with Gasteiger partial charge < -0.3 is 4.57 Å². The van der Waals surface area contributed by atoms with Crippen LogP contribution in [-0.2, 0) is 12.2 Å². The summed E-state index contributed by atoms with van der Waals surface area (Å²) in [6, 6.07) is 2.16. The number of aryl methyl sites for hydroxylation is 2. The summed E-state index contributed by atoms with van der Waals surface area (Å²) in [5.74, 6) is 0.647. The first-order valence-electron chi connectivity index (χ1n) is 9.13. The molecule has 26 heavy (non-hydrogen) atoms. The molecule has 3 heterocycles. The Labute approximate surface area is 160 Å². The second-order valence-electron chi connectivity index (χ2n) is 6.79. The van der Waals surface area contributed by atoms with E-state index in [1.54, 1.807) is 17.8 Å². The van der Waals surface area contributed by atoms with Crippen LogP contribution < -0.4 is 5.56 Å². The molecule has 0 aromatic carbocycles. The zero-order chi connectivity index (χ0) is 18.3. The fourth-order valence-electron chi connectivity index (χ4n) is 3.54.